The fourth-order valence-electron chi connectivity index (χ4n) is 3.61. The van der Waals surface area contributed by atoms with E-state index >= 15 is 0 Å². The van der Waals surface area contributed by atoms with Crippen LogP contribution in [0.4, 0.5) is 0 Å². The average molecular weight is 379 g/mol. The molecule has 26 heavy (non-hydrogen) atoms. The molecular weight excluding hydrogens is 352 g/mol. The van der Waals surface area contributed by atoms with Gasteiger partial charge in [-0.2, -0.15) is 0 Å². The second-order valence-corrected chi connectivity index (χ2v) is 7.25. The van der Waals surface area contributed by atoms with Crippen LogP contribution in [0.5, 0.6) is 11.5 Å². The van der Waals surface area contributed by atoms with Crippen LogP contribution in [0.1, 0.15) is 31.2 Å². The molecule has 4 rings (SSSR count). The highest BCUT2D eigenvalue weighted by atomic mass is 35.5. The Kier molecular flexibility index (Phi) is 6.09. The van der Waals surface area contributed by atoms with E-state index in [4.69, 9.17) is 9.47 Å². The smallest absolute Gasteiger partial charge is 0.253 e. The minimum Gasteiger partial charge on any atom is -0.493 e. The van der Waals surface area contributed by atoms with Crippen molar-refractivity contribution in [2.24, 2.45) is 5.92 Å². The number of para-hydroxylation sites is 1. The molecule has 1 aromatic rings. The van der Waals surface area contributed by atoms with E-state index in [2.05, 4.69) is 5.32 Å². The predicted molar refractivity (Wildman–Crippen MR) is 104 cm³/mol. The summed E-state index contributed by atoms with van der Waals surface area (Å²) in [6.07, 6.45) is 6.78. The molecule has 2 aliphatic heterocycles. The number of benzene rings is 1. The number of halogens is 1. The van der Waals surface area contributed by atoms with Crippen molar-refractivity contribution in [2.45, 2.75) is 31.7 Å². The number of carbonyl (C=O) groups excluding carboxylic acids is 1. The van der Waals surface area contributed by atoms with Crippen molar-refractivity contribution >= 4 is 24.4 Å². The molecule has 2 fully saturated rings. The predicted octanol–water partition coefficient (Wildman–Crippen LogP) is 2.88. The maximum Gasteiger partial charge on any atom is 0.253 e. The molecule has 1 saturated carbocycles. The van der Waals surface area contributed by atoms with Crippen molar-refractivity contribution < 1.29 is 14.3 Å². The molecule has 1 amide bonds. The van der Waals surface area contributed by atoms with Crippen molar-refractivity contribution in [3.63, 3.8) is 0 Å². The second-order valence-electron chi connectivity index (χ2n) is 7.25. The van der Waals surface area contributed by atoms with Crippen LogP contribution in [0.2, 0.25) is 0 Å². The normalized spacial score (nSPS) is 19.7. The fraction of sp³-hybridized carbons (Fsp3) is 0.550. The van der Waals surface area contributed by atoms with Gasteiger partial charge in [0.1, 0.15) is 6.61 Å². The van der Waals surface area contributed by atoms with E-state index in [0.717, 1.165) is 55.3 Å². The van der Waals surface area contributed by atoms with E-state index in [1.165, 1.54) is 12.8 Å². The van der Waals surface area contributed by atoms with Gasteiger partial charge in [-0.25, -0.2) is 0 Å². The molecule has 0 bridgehead atoms. The number of hydrogen-bond acceptors (Lipinski definition) is 4. The Hall–Kier alpha value is -1.72. The lowest BCUT2D eigenvalue weighted by Crippen LogP contribution is -2.46. The number of methoxy groups -OCH3 is 1. The van der Waals surface area contributed by atoms with E-state index in [9.17, 15) is 4.79 Å². The van der Waals surface area contributed by atoms with Gasteiger partial charge in [-0.1, -0.05) is 12.1 Å². The molecule has 0 unspecified atom stereocenters. The highest BCUT2D eigenvalue weighted by Gasteiger charge is 2.28. The van der Waals surface area contributed by atoms with Crippen molar-refractivity contribution in [1.29, 1.82) is 0 Å². The van der Waals surface area contributed by atoms with Gasteiger partial charge in [0, 0.05) is 24.7 Å². The minimum atomic E-state index is 0. The molecule has 1 aromatic carbocycles. The summed E-state index contributed by atoms with van der Waals surface area (Å²) in [5, 5.41) is 3.66. The van der Waals surface area contributed by atoms with Crippen LogP contribution < -0.4 is 14.8 Å². The van der Waals surface area contributed by atoms with Crippen LogP contribution in [-0.2, 0) is 4.79 Å². The molecule has 1 N–H and O–H groups in total. The van der Waals surface area contributed by atoms with Crippen molar-refractivity contribution in [3.8, 4) is 11.5 Å². The van der Waals surface area contributed by atoms with E-state index in [0.29, 0.717) is 18.4 Å². The third-order valence-electron chi connectivity index (χ3n) is 5.38. The van der Waals surface area contributed by atoms with E-state index in [1.807, 2.05) is 29.2 Å². The minimum absolute atomic E-state index is 0. The Morgan fingerprint density at radius 1 is 1.27 bits per heavy atom. The maximum atomic E-state index is 12.8. The molecule has 5 nitrogen and oxygen atoms in total. The molecule has 3 aliphatic rings. The number of ether oxygens (including phenoxy) is 2. The van der Waals surface area contributed by atoms with Crippen molar-refractivity contribution in [2.75, 3.05) is 33.4 Å². The standard InChI is InChI=1S/C20H26N2O3.ClH/c1-24-18-4-2-3-15-11-16(13-25-19(15)18)20(23)22-9-7-17(8-10-22)21-12-14-5-6-14;/h2-4,11,14,17,21H,5-10,12-13H2,1H3;1H. The number of carbonyl (C=O) groups is 1. The first-order valence-electron chi connectivity index (χ1n) is 9.27. The number of nitrogens with one attached hydrogen (secondary N) is 1. The van der Waals surface area contributed by atoms with Crippen molar-refractivity contribution in [3.05, 3.63) is 29.3 Å². The van der Waals surface area contributed by atoms with Crippen LogP contribution in [-0.4, -0.2) is 50.2 Å². The molecule has 0 spiro atoms. The summed E-state index contributed by atoms with van der Waals surface area (Å²) >= 11 is 0. The Bertz CT molecular complexity index is 680. The lowest BCUT2D eigenvalue weighted by atomic mass is 10.0. The Balaban J connectivity index is 0.00000196. The molecular formula is C20H27ClN2O3. The summed E-state index contributed by atoms with van der Waals surface area (Å²) in [4.78, 5) is 14.8. The summed E-state index contributed by atoms with van der Waals surface area (Å²) in [6.45, 7) is 3.11. The SMILES string of the molecule is COc1cccc2c1OCC(C(=O)N1CCC(NCC3CC3)CC1)=C2.Cl. The highest BCUT2D eigenvalue weighted by Crippen LogP contribution is 2.36. The Morgan fingerprint density at radius 2 is 2.04 bits per heavy atom. The highest BCUT2D eigenvalue weighted by molar-refractivity contribution is 5.99. The number of hydrogen-bond donors (Lipinski definition) is 1. The summed E-state index contributed by atoms with van der Waals surface area (Å²) in [7, 11) is 1.63. The van der Waals surface area contributed by atoms with Gasteiger partial charge in [0.15, 0.2) is 11.5 Å². The average Bonchev–Trinajstić information content (AvgIpc) is 3.49. The molecule has 0 radical (unpaired) electrons. The summed E-state index contributed by atoms with van der Waals surface area (Å²) < 4.78 is 11.1. The van der Waals surface area contributed by atoms with Gasteiger partial charge in [0.05, 0.1) is 12.7 Å². The van der Waals surface area contributed by atoms with Crippen LogP contribution >= 0.6 is 12.4 Å². The van der Waals surface area contributed by atoms with E-state index < -0.39 is 0 Å². The quantitative estimate of drug-likeness (QED) is 0.856. The first-order valence-corrected chi connectivity index (χ1v) is 9.27. The second kappa shape index (κ2) is 8.31. The number of fused-ring (bicyclic) bond motifs is 1. The van der Waals surface area contributed by atoms with Gasteiger partial charge < -0.3 is 19.7 Å². The third kappa shape index (κ3) is 4.15. The number of piperidine rings is 1. The van der Waals surface area contributed by atoms with Crippen molar-refractivity contribution in [1.82, 2.24) is 10.2 Å². The number of likely N-dealkylation sites (tertiary alicyclic amines) is 1. The number of nitrogens with zero attached hydrogens (tertiary/aromatic N) is 1. The van der Waals surface area contributed by atoms with Crippen LogP contribution in [0, 0.1) is 5.92 Å². The van der Waals surface area contributed by atoms with E-state index in [-0.39, 0.29) is 18.3 Å². The lowest BCUT2D eigenvalue weighted by molar-refractivity contribution is -0.128. The van der Waals surface area contributed by atoms with Gasteiger partial charge in [-0.3, -0.25) is 4.79 Å². The first kappa shape index (κ1) is 19.1. The van der Waals surface area contributed by atoms with Gasteiger partial charge in [0.2, 0.25) is 0 Å². The zero-order valence-corrected chi connectivity index (χ0v) is 16.0. The third-order valence-corrected chi connectivity index (χ3v) is 5.38. The zero-order valence-electron chi connectivity index (χ0n) is 15.2. The van der Waals surface area contributed by atoms with Crippen LogP contribution in [0.15, 0.2) is 23.8 Å². The molecule has 142 valence electrons. The summed E-state index contributed by atoms with van der Waals surface area (Å²) in [5.74, 6) is 2.45. The molecule has 0 atom stereocenters. The molecule has 6 heteroatoms. The fourth-order valence-corrected chi connectivity index (χ4v) is 3.61. The van der Waals surface area contributed by atoms with Crippen LogP contribution in [0.3, 0.4) is 0 Å². The van der Waals surface area contributed by atoms with Gasteiger partial charge in [-0.15, -0.1) is 12.4 Å². The summed E-state index contributed by atoms with van der Waals surface area (Å²) in [6, 6.07) is 6.31. The lowest BCUT2D eigenvalue weighted by Gasteiger charge is -2.33. The topological polar surface area (TPSA) is 50.8 Å². The molecule has 0 aromatic heterocycles. The van der Waals surface area contributed by atoms with E-state index in [1.54, 1.807) is 7.11 Å². The van der Waals surface area contributed by atoms with Crippen LogP contribution in [0.25, 0.3) is 6.08 Å². The number of rotatable bonds is 5. The molecule has 2 heterocycles. The summed E-state index contributed by atoms with van der Waals surface area (Å²) in [5.41, 5.74) is 1.64. The number of amides is 1. The first-order chi connectivity index (χ1) is 12.2. The van der Waals surface area contributed by atoms with Gasteiger partial charge in [-0.05, 0) is 50.3 Å². The largest absolute Gasteiger partial charge is 0.493 e. The maximum absolute atomic E-state index is 12.8. The Labute approximate surface area is 161 Å². The van der Waals surface area contributed by atoms with Gasteiger partial charge >= 0.3 is 0 Å². The molecule has 1 aliphatic carbocycles. The Morgan fingerprint density at radius 3 is 2.73 bits per heavy atom. The monoisotopic (exact) mass is 378 g/mol. The molecule has 1 saturated heterocycles. The van der Waals surface area contributed by atoms with Gasteiger partial charge in [0.25, 0.3) is 5.91 Å². The zero-order chi connectivity index (χ0) is 17.2.